The Morgan fingerprint density at radius 2 is 1.94 bits per heavy atom. The number of hydrogen-bond donors (Lipinski definition) is 2. The molecule has 1 aromatic heterocycles. The lowest BCUT2D eigenvalue weighted by molar-refractivity contribution is -0.116. The number of hydrogen-bond acceptors (Lipinski definition) is 6. The number of ether oxygens (including phenoxy) is 2. The molecule has 1 atom stereocenters. The van der Waals surface area contributed by atoms with Crippen LogP contribution in [0.25, 0.3) is 0 Å². The lowest BCUT2D eigenvalue weighted by Crippen LogP contribution is -2.31. The van der Waals surface area contributed by atoms with E-state index in [0.717, 1.165) is 11.1 Å². The van der Waals surface area contributed by atoms with Crippen LogP contribution in [0.15, 0.2) is 52.4 Å². The summed E-state index contributed by atoms with van der Waals surface area (Å²) in [6.45, 7) is 4.35. The lowest BCUT2D eigenvalue weighted by Gasteiger charge is -2.26. The van der Waals surface area contributed by atoms with E-state index in [1.54, 1.807) is 13.2 Å². The zero-order valence-electron chi connectivity index (χ0n) is 18.2. The molecular formula is C24H25N3O4S. The predicted octanol–water partition coefficient (Wildman–Crippen LogP) is 4.25. The molecule has 2 N–H and O–H groups in total. The Morgan fingerprint density at radius 3 is 2.66 bits per heavy atom. The number of aromatic nitrogens is 2. The molecule has 0 saturated carbocycles. The summed E-state index contributed by atoms with van der Waals surface area (Å²) >= 11 is 1.42. The third-order valence-corrected chi connectivity index (χ3v) is 6.26. The Labute approximate surface area is 190 Å². The highest BCUT2D eigenvalue weighted by Gasteiger charge is 2.33. The van der Waals surface area contributed by atoms with Crippen molar-refractivity contribution in [2.75, 3.05) is 19.0 Å². The number of amides is 1. The Bertz CT molecular complexity index is 1190. The van der Waals surface area contributed by atoms with Gasteiger partial charge in [0.2, 0.25) is 5.91 Å². The van der Waals surface area contributed by atoms with Gasteiger partial charge in [-0.1, -0.05) is 53.7 Å². The molecule has 1 amide bonds. The fourth-order valence-corrected chi connectivity index (χ4v) is 4.60. The number of aryl methyl sites for hydroxylation is 1. The summed E-state index contributed by atoms with van der Waals surface area (Å²) in [4.78, 5) is 33.1. The standard InChI is InChI=1S/C24H25N3O4S/c1-4-31-21-16(6-5-7-18(21)30-3)17-12-19(28)25-22-20(17)23(29)27-24(26-22)32-13-15-10-8-14(2)9-11-15/h5-11,17H,4,12-13H2,1-3H3,(H2,25,26,27,28,29). The minimum atomic E-state index is -0.484. The minimum Gasteiger partial charge on any atom is -0.493 e. The lowest BCUT2D eigenvalue weighted by atomic mass is 9.86. The Morgan fingerprint density at radius 1 is 1.16 bits per heavy atom. The highest BCUT2D eigenvalue weighted by molar-refractivity contribution is 7.98. The summed E-state index contributed by atoms with van der Waals surface area (Å²) in [5, 5.41) is 3.23. The molecule has 1 unspecified atom stereocenters. The molecule has 2 aromatic carbocycles. The second-order valence-corrected chi connectivity index (χ2v) is 8.49. The number of para-hydroxylation sites is 1. The first-order chi connectivity index (χ1) is 15.5. The van der Waals surface area contributed by atoms with Crippen LogP contribution in [0.4, 0.5) is 5.82 Å². The molecule has 1 aliphatic rings. The predicted molar refractivity (Wildman–Crippen MR) is 125 cm³/mol. The first kappa shape index (κ1) is 22.0. The van der Waals surface area contributed by atoms with E-state index in [2.05, 4.69) is 27.4 Å². The number of benzene rings is 2. The van der Waals surface area contributed by atoms with E-state index in [-0.39, 0.29) is 17.9 Å². The van der Waals surface area contributed by atoms with Crippen LogP contribution in [0.3, 0.4) is 0 Å². The normalized spacial score (nSPS) is 15.1. The molecule has 0 radical (unpaired) electrons. The molecule has 0 fully saturated rings. The van der Waals surface area contributed by atoms with Gasteiger partial charge in [-0.05, 0) is 25.5 Å². The average Bonchev–Trinajstić information content (AvgIpc) is 2.78. The van der Waals surface area contributed by atoms with E-state index in [4.69, 9.17) is 9.47 Å². The fraction of sp³-hybridized carbons (Fsp3) is 0.292. The summed E-state index contributed by atoms with van der Waals surface area (Å²) in [7, 11) is 1.56. The van der Waals surface area contributed by atoms with Crippen molar-refractivity contribution in [2.24, 2.45) is 0 Å². The maximum atomic E-state index is 13.1. The van der Waals surface area contributed by atoms with Crippen LogP contribution in [-0.4, -0.2) is 29.6 Å². The van der Waals surface area contributed by atoms with Crippen LogP contribution in [0.2, 0.25) is 0 Å². The Hall–Kier alpha value is -3.26. The van der Waals surface area contributed by atoms with Crippen LogP contribution in [-0.2, 0) is 10.5 Å². The molecule has 166 valence electrons. The molecule has 1 aliphatic heterocycles. The molecule has 3 aromatic rings. The summed E-state index contributed by atoms with van der Waals surface area (Å²) in [5.41, 5.74) is 3.21. The molecule has 4 rings (SSSR count). The number of anilines is 1. The van der Waals surface area contributed by atoms with Crippen LogP contribution in [0.5, 0.6) is 11.5 Å². The van der Waals surface area contributed by atoms with Gasteiger partial charge in [0.05, 0.1) is 19.3 Å². The topological polar surface area (TPSA) is 93.3 Å². The number of thioether (sulfide) groups is 1. The number of nitrogens with zero attached hydrogens (tertiary/aromatic N) is 1. The summed E-state index contributed by atoms with van der Waals surface area (Å²) in [6, 6.07) is 13.7. The number of aromatic amines is 1. The van der Waals surface area contributed by atoms with E-state index in [1.165, 1.54) is 17.3 Å². The molecule has 0 spiro atoms. The van der Waals surface area contributed by atoms with E-state index in [1.807, 2.05) is 38.1 Å². The molecule has 0 saturated heterocycles. The van der Waals surface area contributed by atoms with Crippen molar-refractivity contribution in [3.8, 4) is 11.5 Å². The largest absolute Gasteiger partial charge is 0.493 e. The van der Waals surface area contributed by atoms with Crippen molar-refractivity contribution >= 4 is 23.5 Å². The third-order valence-electron chi connectivity index (χ3n) is 5.32. The van der Waals surface area contributed by atoms with Gasteiger partial charge in [0, 0.05) is 23.7 Å². The van der Waals surface area contributed by atoms with Gasteiger partial charge in [-0.25, -0.2) is 4.98 Å². The molecule has 0 bridgehead atoms. The first-order valence-electron chi connectivity index (χ1n) is 10.4. The zero-order chi connectivity index (χ0) is 22.7. The fourth-order valence-electron chi connectivity index (χ4n) is 3.79. The molecular weight excluding hydrogens is 426 g/mol. The number of rotatable bonds is 7. The van der Waals surface area contributed by atoms with Crippen molar-refractivity contribution < 1.29 is 14.3 Å². The summed E-state index contributed by atoms with van der Waals surface area (Å²) < 4.78 is 11.3. The van der Waals surface area contributed by atoms with E-state index in [9.17, 15) is 9.59 Å². The third kappa shape index (κ3) is 4.50. The molecule has 7 nitrogen and oxygen atoms in total. The van der Waals surface area contributed by atoms with Crippen LogP contribution in [0, 0.1) is 6.92 Å². The molecule has 8 heteroatoms. The van der Waals surface area contributed by atoms with Gasteiger partial charge < -0.3 is 19.8 Å². The highest BCUT2D eigenvalue weighted by atomic mass is 32.2. The van der Waals surface area contributed by atoms with Gasteiger partial charge in [0.25, 0.3) is 5.56 Å². The Balaban J connectivity index is 1.70. The van der Waals surface area contributed by atoms with Crippen molar-refractivity contribution in [2.45, 2.75) is 37.1 Å². The molecule has 0 aliphatic carbocycles. The van der Waals surface area contributed by atoms with E-state index in [0.29, 0.717) is 40.4 Å². The van der Waals surface area contributed by atoms with E-state index < -0.39 is 5.92 Å². The SMILES string of the molecule is CCOc1c(OC)cccc1C1CC(=O)Nc2nc(SCc3ccc(C)cc3)[nH]c(=O)c21. The number of carbonyl (C=O) groups is 1. The zero-order valence-corrected chi connectivity index (χ0v) is 19.0. The van der Waals surface area contributed by atoms with Gasteiger partial charge in [-0.15, -0.1) is 0 Å². The van der Waals surface area contributed by atoms with Crippen molar-refractivity contribution in [3.63, 3.8) is 0 Å². The second-order valence-electron chi connectivity index (χ2n) is 7.52. The van der Waals surface area contributed by atoms with Crippen LogP contribution >= 0.6 is 11.8 Å². The minimum absolute atomic E-state index is 0.126. The quantitative estimate of drug-likeness (QED) is 0.412. The van der Waals surface area contributed by atoms with E-state index >= 15 is 0 Å². The van der Waals surface area contributed by atoms with Crippen molar-refractivity contribution in [3.05, 3.63) is 75.1 Å². The van der Waals surface area contributed by atoms with Gasteiger partial charge >= 0.3 is 0 Å². The number of carbonyl (C=O) groups excluding carboxylic acids is 1. The second kappa shape index (κ2) is 9.48. The number of methoxy groups -OCH3 is 1. The molecule has 32 heavy (non-hydrogen) atoms. The smallest absolute Gasteiger partial charge is 0.257 e. The summed E-state index contributed by atoms with van der Waals surface area (Å²) in [6.07, 6.45) is 0.126. The van der Waals surface area contributed by atoms with Crippen molar-refractivity contribution in [1.29, 1.82) is 0 Å². The molecule has 2 heterocycles. The Kier molecular flexibility index (Phi) is 6.50. The van der Waals surface area contributed by atoms with Crippen LogP contribution in [0.1, 0.15) is 41.5 Å². The summed E-state index contributed by atoms with van der Waals surface area (Å²) in [5.74, 6) is 1.38. The maximum absolute atomic E-state index is 13.1. The number of fused-ring (bicyclic) bond motifs is 1. The number of nitrogens with one attached hydrogen (secondary N) is 2. The highest BCUT2D eigenvalue weighted by Crippen LogP contribution is 2.42. The van der Waals surface area contributed by atoms with Gasteiger partial charge in [0.15, 0.2) is 16.7 Å². The average molecular weight is 452 g/mol. The maximum Gasteiger partial charge on any atom is 0.257 e. The van der Waals surface area contributed by atoms with Gasteiger partial charge in [0.1, 0.15) is 5.82 Å². The van der Waals surface area contributed by atoms with Gasteiger partial charge in [-0.2, -0.15) is 0 Å². The van der Waals surface area contributed by atoms with Crippen molar-refractivity contribution in [1.82, 2.24) is 9.97 Å². The number of H-pyrrole nitrogens is 1. The van der Waals surface area contributed by atoms with Gasteiger partial charge in [-0.3, -0.25) is 9.59 Å². The van der Waals surface area contributed by atoms with Crippen LogP contribution < -0.4 is 20.3 Å². The monoisotopic (exact) mass is 451 g/mol. The first-order valence-corrected chi connectivity index (χ1v) is 11.4.